The summed E-state index contributed by atoms with van der Waals surface area (Å²) in [6.45, 7) is 0.544. The minimum atomic E-state index is -1.05. The number of fused-ring (bicyclic) bond motifs is 1. The lowest BCUT2D eigenvalue weighted by Crippen LogP contribution is -2.61. The molecule has 2 aromatic heterocycles. The molecule has 4 aromatic rings. The fourth-order valence-electron chi connectivity index (χ4n) is 7.05. The number of aryl methyl sites for hydroxylation is 1. The van der Waals surface area contributed by atoms with E-state index < -0.39 is 11.5 Å². The second-order valence-electron chi connectivity index (χ2n) is 13.3. The van der Waals surface area contributed by atoms with Gasteiger partial charge in [0.25, 0.3) is 5.91 Å². The summed E-state index contributed by atoms with van der Waals surface area (Å²) in [4.78, 5) is 43.3. The molecule has 0 saturated heterocycles. The number of carbonyl (C=O) groups is 3. The van der Waals surface area contributed by atoms with Crippen LogP contribution in [-0.2, 0) is 16.6 Å². The molecule has 3 N–H and O–H groups in total. The molecule has 3 aliphatic carbocycles. The molecule has 0 spiro atoms. The smallest absolute Gasteiger partial charge is 0.328 e. The van der Waals surface area contributed by atoms with E-state index in [0.717, 1.165) is 60.5 Å². The van der Waals surface area contributed by atoms with Gasteiger partial charge in [0.15, 0.2) is 0 Å². The van der Waals surface area contributed by atoms with Crippen molar-refractivity contribution in [2.45, 2.75) is 69.2 Å². The van der Waals surface area contributed by atoms with Crippen molar-refractivity contribution < 1.29 is 24.2 Å². The molecule has 9 heteroatoms. The molecule has 3 aliphatic rings. The molecule has 9 nitrogen and oxygen atoms in total. The molecule has 47 heavy (non-hydrogen) atoms. The number of carboxylic acids is 1. The van der Waals surface area contributed by atoms with Gasteiger partial charge in [0, 0.05) is 53.1 Å². The highest BCUT2D eigenvalue weighted by molar-refractivity contribution is 6.06. The number of benzene rings is 2. The topological polar surface area (TPSA) is 123 Å². The van der Waals surface area contributed by atoms with E-state index in [0.29, 0.717) is 53.8 Å². The van der Waals surface area contributed by atoms with E-state index in [-0.39, 0.29) is 11.8 Å². The number of pyridine rings is 1. The number of hydrogen-bond acceptors (Lipinski definition) is 5. The van der Waals surface area contributed by atoms with E-state index >= 15 is 0 Å². The van der Waals surface area contributed by atoms with Gasteiger partial charge in [-0.1, -0.05) is 25.0 Å². The normalized spacial score (nSPS) is 17.5. The Kier molecular flexibility index (Phi) is 8.30. The van der Waals surface area contributed by atoms with Gasteiger partial charge in [-0.15, -0.1) is 0 Å². The van der Waals surface area contributed by atoms with Crippen LogP contribution in [0.25, 0.3) is 28.4 Å². The third kappa shape index (κ3) is 6.26. The number of anilines is 1. The second kappa shape index (κ2) is 12.7. The van der Waals surface area contributed by atoms with Gasteiger partial charge in [-0.25, -0.2) is 4.79 Å². The lowest BCUT2D eigenvalue weighted by molar-refractivity contribution is -0.131. The van der Waals surface area contributed by atoms with Gasteiger partial charge < -0.3 is 25.0 Å². The summed E-state index contributed by atoms with van der Waals surface area (Å²) in [6.07, 6.45) is 13.2. The Morgan fingerprint density at radius 1 is 1.02 bits per heavy atom. The van der Waals surface area contributed by atoms with E-state index in [1.807, 2.05) is 43.6 Å². The van der Waals surface area contributed by atoms with Crippen LogP contribution in [0, 0.1) is 5.92 Å². The fourth-order valence-corrected chi connectivity index (χ4v) is 7.05. The molecule has 242 valence electrons. The summed E-state index contributed by atoms with van der Waals surface area (Å²) in [6, 6.07) is 17.0. The number of aromatic nitrogens is 2. The van der Waals surface area contributed by atoms with Crippen LogP contribution in [0.5, 0.6) is 5.75 Å². The van der Waals surface area contributed by atoms with E-state index in [4.69, 9.17) is 9.84 Å². The summed E-state index contributed by atoms with van der Waals surface area (Å²) in [5.74, 6) is -0.139. The third-order valence-corrected chi connectivity index (χ3v) is 10.0. The lowest BCUT2D eigenvalue weighted by Gasteiger charge is -2.40. The first-order valence-corrected chi connectivity index (χ1v) is 16.7. The summed E-state index contributed by atoms with van der Waals surface area (Å²) >= 11 is 0. The van der Waals surface area contributed by atoms with Gasteiger partial charge in [-0.05, 0) is 105 Å². The molecule has 3 fully saturated rings. The predicted octanol–water partition coefficient (Wildman–Crippen LogP) is 7.08. The molecule has 2 heterocycles. The van der Waals surface area contributed by atoms with Gasteiger partial charge in [-0.2, -0.15) is 0 Å². The molecule has 0 radical (unpaired) electrons. The number of ether oxygens (including phenoxy) is 1. The van der Waals surface area contributed by atoms with Crippen LogP contribution in [0.4, 0.5) is 5.69 Å². The summed E-state index contributed by atoms with van der Waals surface area (Å²) in [5.41, 5.74) is 4.95. The number of nitrogens with zero attached hydrogens (tertiary/aromatic N) is 2. The van der Waals surface area contributed by atoms with Crippen molar-refractivity contribution >= 4 is 40.4 Å². The first-order chi connectivity index (χ1) is 22.8. The zero-order valence-corrected chi connectivity index (χ0v) is 26.6. The van der Waals surface area contributed by atoms with Crippen molar-refractivity contribution in [1.82, 2.24) is 14.9 Å². The molecule has 0 unspecified atom stereocenters. The summed E-state index contributed by atoms with van der Waals surface area (Å²) in [5, 5.41) is 16.3. The Morgan fingerprint density at radius 3 is 2.51 bits per heavy atom. The number of aliphatic carboxylic acids is 1. The molecule has 0 aliphatic heterocycles. The first-order valence-electron chi connectivity index (χ1n) is 16.7. The molecule has 2 aromatic carbocycles. The molecule has 0 bridgehead atoms. The minimum Gasteiger partial charge on any atom is -0.493 e. The Hall–Kier alpha value is -4.92. The fraction of sp³-hybridized carbons (Fsp3) is 0.368. The quantitative estimate of drug-likeness (QED) is 0.152. The minimum absolute atomic E-state index is 0.278. The van der Waals surface area contributed by atoms with Crippen molar-refractivity contribution in [2.75, 3.05) is 11.9 Å². The van der Waals surface area contributed by atoms with E-state index in [9.17, 15) is 14.4 Å². The number of amides is 2. The maximum atomic E-state index is 13.8. The monoisotopic (exact) mass is 632 g/mol. The van der Waals surface area contributed by atoms with Crippen LogP contribution >= 0.6 is 0 Å². The van der Waals surface area contributed by atoms with Gasteiger partial charge >= 0.3 is 5.97 Å². The molecule has 0 atom stereocenters. The zero-order chi connectivity index (χ0) is 32.5. The van der Waals surface area contributed by atoms with Crippen LogP contribution in [-0.4, -0.2) is 44.6 Å². The molecular formula is C38H40N4O5. The van der Waals surface area contributed by atoms with Crippen LogP contribution in [0.1, 0.15) is 85.2 Å². The van der Waals surface area contributed by atoms with Crippen LogP contribution in [0.15, 0.2) is 66.9 Å². The average Bonchev–Trinajstić information content (AvgIpc) is 3.64. The number of carboxylic acid groups (broad SMARTS) is 1. The van der Waals surface area contributed by atoms with E-state index in [2.05, 4.69) is 26.3 Å². The molecule has 2 amide bonds. The maximum Gasteiger partial charge on any atom is 0.328 e. The first kappa shape index (κ1) is 30.7. The highest BCUT2D eigenvalue weighted by Gasteiger charge is 2.45. The van der Waals surface area contributed by atoms with Crippen LogP contribution < -0.4 is 15.4 Å². The van der Waals surface area contributed by atoms with E-state index in [1.165, 1.54) is 24.5 Å². The van der Waals surface area contributed by atoms with Crippen molar-refractivity contribution in [3.8, 4) is 17.1 Å². The van der Waals surface area contributed by atoms with Gasteiger partial charge in [0.05, 0.1) is 18.0 Å². The number of carbonyl (C=O) groups excluding carboxylic acids is 2. The van der Waals surface area contributed by atoms with Crippen LogP contribution in [0.2, 0.25) is 0 Å². The average molecular weight is 633 g/mol. The Labute approximate surface area is 274 Å². The maximum absolute atomic E-state index is 13.8. The Morgan fingerprint density at radius 2 is 1.83 bits per heavy atom. The van der Waals surface area contributed by atoms with Crippen LogP contribution in [0.3, 0.4) is 0 Å². The Bertz CT molecular complexity index is 1860. The standard InChI is InChI=1S/C38H40N4O5/c1-42-31-21-27(13-16-29(31)34(26-7-2-3-8-26)35(42)30-9-4-5-20-39-30)36(45)41-38(18-6-19-38)37(46)40-28-15-12-25(14-17-33(43)44)32(22-28)47-23-24-10-11-24/h4-5,9,12-17,20-22,24,26H,2-3,6-8,10-11,18-19,23H2,1H3,(H,40,46)(H,41,45)(H,43,44)/b17-14+. The number of hydrogen-bond donors (Lipinski definition) is 3. The van der Waals surface area contributed by atoms with Crippen molar-refractivity contribution in [3.05, 3.63) is 83.6 Å². The zero-order valence-electron chi connectivity index (χ0n) is 26.6. The van der Waals surface area contributed by atoms with E-state index in [1.54, 1.807) is 18.2 Å². The lowest BCUT2D eigenvalue weighted by atomic mass is 9.75. The largest absolute Gasteiger partial charge is 0.493 e. The number of rotatable bonds is 11. The van der Waals surface area contributed by atoms with Gasteiger partial charge in [0.2, 0.25) is 5.91 Å². The highest BCUT2D eigenvalue weighted by Crippen LogP contribution is 2.44. The van der Waals surface area contributed by atoms with Gasteiger partial charge in [-0.3, -0.25) is 14.6 Å². The SMILES string of the molecule is Cn1c(-c2ccccn2)c(C2CCCC2)c2ccc(C(=O)NC3(C(=O)Nc4ccc(/C=C/C(=O)O)c(OCC5CC5)c4)CCC3)cc21. The second-order valence-corrected chi connectivity index (χ2v) is 13.3. The number of nitrogens with one attached hydrogen (secondary N) is 2. The molecule has 3 saturated carbocycles. The summed E-state index contributed by atoms with van der Waals surface area (Å²) < 4.78 is 8.17. The third-order valence-electron chi connectivity index (χ3n) is 10.0. The Balaban J connectivity index is 1.13. The van der Waals surface area contributed by atoms with Gasteiger partial charge in [0.1, 0.15) is 11.3 Å². The molecular weight excluding hydrogens is 592 g/mol. The van der Waals surface area contributed by atoms with Crippen molar-refractivity contribution in [1.29, 1.82) is 0 Å². The summed E-state index contributed by atoms with van der Waals surface area (Å²) in [7, 11) is 2.04. The van der Waals surface area contributed by atoms with Crippen molar-refractivity contribution in [3.63, 3.8) is 0 Å². The molecule has 7 rings (SSSR count). The van der Waals surface area contributed by atoms with Crippen molar-refractivity contribution in [2.24, 2.45) is 13.0 Å². The predicted molar refractivity (Wildman–Crippen MR) is 181 cm³/mol. The highest BCUT2D eigenvalue weighted by atomic mass is 16.5.